The summed E-state index contributed by atoms with van der Waals surface area (Å²) in [7, 11) is 3.52. The van der Waals surface area contributed by atoms with Crippen LogP contribution >= 0.6 is 11.6 Å². The molecule has 1 aromatic heterocycles. The van der Waals surface area contributed by atoms with Gasteiger partial charge in [-0.3, -0.25) is 9.59 Å². The van der Waals surface area contributed by atoms with Crippen LogP contribution in [0.4, 0.5) is 0 Å². The van der Waals surface area contributed by atoms with Crippen molar-refractivity contribution >= 4 is 29.1 Å². The van der Waals surface area contributed by atoms with Gasteiger partial charge >= 0.3 is 0 Å². The van der Waals surface area contributed by atoms with Crippen molar-refractivity contribution in [2.75, 3.05) is 26.8 Å². The first-order valence-electron chi connectivity index (χ1n) is 11.5. The highest BCUT2D eigenvalue weighted by Gasteiger charge is 2.35. The Hall–Kier alpha value is -3.42. The zero-order valence-electron chi connectivity index (χ0n) is 20.1. The zero-order chi connectivity index (χ0) is 24.9. The van der Waals surface area contributed by atoms with E-state index in [0.717, 1.165) is 22.5 Å². The minimum atomic E-state index is -0.321. The van der Waals surface area contributed by atoms with Crippen LogP contribution in [0.1, 0.15) is 39.6 Å². The Morgan fingerprint density at radius 3 is 2.51 bits per heavy atom. The number of benzene rings is 2. The Labute approximate surface area is 210 Å². The largest absolute Gasteiger partial charge is 0.383 e. The Morgan fingerprint density at radius 2 is 1.86 bits per heavy atom. The van der Waals surface area contributed by atoms with Crippen LogP contribution in [0, 0.1) is 6.92 Å². The van der Waals surface area contributed by atoms with Crippen molar-refractivity contribution in [2.45, 2.75) is 19.4 Å². The van der Waals surface area contributed by atoms with Gasteiger partial charge < -0.3 is 14.2 Å². The summed E-state index contributed by atoms with van der Waals surface area (Å²) in [6.45, 7) is 2.44. The molecule has 2 aromatic carbocycles. The summed E-state index contributed by atoms with van der Waals surface area (Å²) in [4.78, 5) is 28.4. The van der Waals surface area contributed by atoms with Gasteiger partial charge in [-0.15, -0.1) is 0 Å². The molecule has 7 nitrogen and oxygen atoms in total. The van der Waals surface area contributed by atoms with Gasteiger partial charge in [0.1, 0.15) is 6.54 Å². The molecule has 8 heteroatoms. The van der Waals surface area contributed by atoms with E-state index in [1.54, 1.807) is 31.4 Å². The minimum Gasteiger partial charge on any atom is -0.383 e. The second-order valence-corrected chi connectivity index (χ2v) is 9.03. The van der Waals surface area contributed by atoms with Gasteiger partial charge in [0, 0.05) is 33.3 Å². The number of halogens is 1. The van der Waals surface area contributed by atoms with Crippen LogP contribution in [0.2, 0.25) is 5.02 Å². The molecule has 1 aliphatic rings. The first-order valence-corrected chi connectivity index (χ1v) is 11.9. The lowest BCUT2D eigenvalue weighted by Gasteiger charge is -2.27. The van der Waals surface area contributed by atoms with Gasteiger partial charge in [0.25, 0.3) is 11.8 Å². The molecule has 0 radical (unpaired) electrons. The van der Waals surface area contributed by atoms with Gasteiger partial charge in [-0.25, -0.2) is 5.01 Å². The summed E-state index contributed by atoms with van der Waals surface area (Å²) < 4.78 is 7.19. The predicted octanol–water partition coefficient (Wildman–Crippen LogP) is 4.45. The number of carbonyl (C=O) groups is 2. The van der Waals surface area contributed by atoms with Crippen LogP contribution in [0.25, 0.3) is 0 Å². The van der Waals surface area contributed by atoms with E-state index >= 15 is 0 Å². The Bertz CT molecular complexity index is 1240. The lowest BCUT2D eigenvalue weighted by molar-refractivity contribution is -0.133. The summed E-state index contributed by atoms with van der Waals surface area (Å²) in [5.74, 6) is -0.588. The number of carbonyl (C=O) groups excluding carboxylic acids is 2. The van der Waals surface area contributed by atoms with Crippen molar-refractivity contribution in [3.05, 3.63) is 94.3 Å². The number of aryl methyl sites for hydroxylation is 2. The Balaban J connectivity index is 1.63. The molecule has 0 aliphatic carbocycles. The monoisotopic (exact) mass is 492 g/mol. The highest BCUT2D eigenvalue weighted by atomic mass is 35.5. The molecular formula is C27H29ClN4O3. The maximum Gasteiger partial charge on any atom is 0.262 e. The second kappa shape index (κ2) is 10.9. The van der Waals surface area contributed by atoms with Crippen molar-refractivity contribution < 1.29 is 14.3 Å². The van der Waals surface area contributed by atoms with Crippen molar-refractivity contribution in [3.63, 3.8) is 0 Å². The highest BCUT2D eigenvalue weighted by molar-refractivity contribution is 6.33. The number of ether oxygens (including phenoxy) is 1. The second-order valence-electron chi connectivity index (χ2n) is 8.62. The standard InChI is InChI=1S/C27H29ClN4O3/c1-19-10-12-20(13-11-19)25-17-23(24-9-6-14-30(24)2)29-32(25)26(33)18-31(15-16-35-3)27(34)21-7-4-5-8-22(21)28/h4-14,25H,15-18H2,1-3H3/t25-/m0/s1. The van der Waals surface area contributed by atoms with Crippen LogP contribution in [0.15, 0.2) is 72.0 Å². The fraction of sp³-hybridized carbons (Fsp3) is 0.296. The predicted molar refractivity (Wildman–Crippen MR) is 137 cm³/mol. The van der Waals surface area contributed by atoms with E-state index < -0.39 is 0 Å². The quantitative estimate of drug-likeness (QED) is 0.466. The topological polar surface area (TPSA) is 67.1 Å². The van der Waals surface area contributed by atoms with Gasteiger partial charge in [-0.1, -0.05) is 53.6 Å². The number of aromatic nitrogens is 1. The third-order valence-electron chi connectivity index (χ3n) is 6.15. The van der Waals surface area contributed by atoms with E-state index in [4.69, 9.17) is 21.4 Å². The smallest absolute Gasteiger partial charge is 0.262 e. The number of nitrogens with zero attached hydrogens (tertiary/aromatic N) is 4. The van der Waals surface area contributed by atoms with E-state index in [0.29, 0.717) is 23.6 Å². The zero-order valence-corrected chi connectivity index (χ0v) is 20.9. The molecule has 0 N–H and O–H groups in total. The molecule has 2 heterocycles. The number of amides is 2. The van der Waals surface area contributed by atoms with Gasteiger partial charge in [-0.2, -0.15) is 5.10 Å². The first kappa shape index (κ1) is 24.7. The maximum absolute atomic E-state index is 13.6. The normalized spacial score (nSPS) is 15.3. The number of hydrogen-bond donors (Lipinski definition) is 0. The third kappa shape index (κ3) is 5.47. The average Bonchev–Trinajstić information content (AvgIpc) is 3.48. The number of hydrazone groups is 1. The van der Waals surface area contributed by atoms with E-state index in [1.807, 2.05) is 61.1 Å². The van der Waals surface area contributed by atoms with Gasteiger partial charge in [-0.05, 0) is 36.8 Å². The molecule has 1 atom stereocenters. The summed E-state index contributed by atoms with van der Waals surface area (Å²) in [5, 5.41) is 6.60. The SMILES string of the molecule is COCCN(CC(=O)N1N=C(c2cccn2C)C[C@H]1c1ccc(C)cc1)C(=O)c1ccccc1Cl. The summed E-state index contributed by atoms with van der Waals surface area (Å²) in [6, 6.07) is 18.6. The van der Waals surface area contributed by atoms with Crippen LogP contribution in [0.3, 0.4) is 0 Å². The van der Waals surface area contributed by atoms with Gasteiger partial charge in [0.2, 0.25) is 0 Å². The highest BCUT2D eigenvalue weighted by Crippen LogP contribution is 2.33. The van der Waals surface area contributed by atoms with E-state index in [2.05, 4.69) is 0 Å². The first-order chi connectivity index (χ1) is 16.9. The molecule has 3 aromatic rings. The molecule has 1 aliphatic heterocycles. The van der Waals surface area contributed by atoms with Crippen LogP contribution in [-0.4, -0.2) is 58.8 Å². The van der Waals surface area contributed by atoms with E-state index in [9.17, 15) is 9.59 Å². The molecule has 0 spiro atoms. The molecule has 0 saturated carbocycles. The molecule has 0 bridgehead atoms. The lowest BCUT2D eigenvalue weighted by Crippen LogP contribution is -2.42. The minimum absolute atomic E-state index is 0.139. The summed E-state index contributed by atoms with van der Waals surface area (Å²) in [6.07, 6.45) is 2.54. The van der Waals surface area contributed by atoms with Crippen molar-refractivity contribution in [2.24, 2.45) is 12.1 Å². The van der Waals surface area contributed by atoms with Crippen molar-refractivity contribution in [1.82, 2.24) is 14.5 Å². The summed E-state index contributed by atoms with van der Waals surface area (Å²) >= 11 is 6.27. The molecule has 35 heavy (non-hydrogen) atoms. The lowest BCUT2D eigenvalue weighted by atomic mass is 9.99. The number of hydrogen-bond acceptors (Lipinski definition) is 4. The van der Waals surface area contributed by atoms with E-state index in [1.165, 1.54) is 9.91 Å². The van der Waals surface area contributed by atoms with E-state index in [-0.39, 0.29) is 30.9 Å². The number of rotatable bonds is 8. The third-order valence-corrected chi connectivity index (χ3v) is 6.48. The van der Waals surface area contributed by atoms with Crippen LogP contribution < -0.4 is 0 Å². The molecule has 2 amide bonds. The molecule has 0 unspecified atom stereocenters. The van der Waals surface area contributed by atoms with Crippen LogP contribution in [-0.2, 0) is 16.6 Å². The molecule has 182 valence electrons. The fourth-order valence-corrected chi connectivity index (χ4v) is 4.42. The Morgan fingerprint density at radius 1 is 1.11 bits per heavy atom. The van der Waals surface area contributed by atoms with Crippen LogP contribution in [0.5, 0.6) is 0 Å². The number of methoxy groups -OCH3 is 1. The van der Waals surface area contributed by atoms with Crippen molar-refractivity contribution in [1.29, 1.82) is 0 Å². The molecular weight excluding hydrogens is 464 g/mol. The molecule has 0 fully saturated rings. The van der Waals surface area contributed by atoms with Gasteiger partial charge in [0.15, 0.2) is 0 Å². The molecule has 0 saturated heterocycles. The van der Waals surface area contributed by atoms with Gasteiger partial charge in [0.05, 0.1) is 34.6 Å². The summed E-state index contributed by atoms with van der Waals surface area (Å²) in [5.41, 5.74) is 4.28. The Kier molecular flexibility index (Phi) is 7.68. The average molecular weight is 493 g/mol. The van der Waals surface area contributed by atoms with Crippen molar-refractivity contribution in [3.8, 4) is 0 Å². The fourth-order valence-electron chi connectivity index (χ4n) is 4.20. The molecule has 4 rings (SSSR count). The maximum atomic E-state index is 13.6.